The molecule has 0 aromatic heterocycles. The molecule has 0 aliphatic carbocycles. The molecule has 3 aromatic rings. The van der Waals surface area contributed by atoms with Gasteiger partial charge in [0.05, 0.1) is 0 Å². The molecule has 176 valence electrons. The Hall–Kier alpha value is -4.33. The molecule has 0 saturated heterocycles. The maximum absolute atomic E-state index is 12.4. The molecule has 0 bridgehead atoms. The summed E-state index contributed by atoms with van der Waals surface area (Å²) < 4.78 is 11.2. The smallest absolute Gasteiger partial charge is 0.269 e. The topological polar surface area (TPSA) is 106 Å². The zero-order valence-electron chi connectivity index (χ0n) is 18.9. The average molecular weight is 462 g/mol. The summed E-state index contributed by atoms with van der Waals surface area (Å²) in [6, 6.07) is 22.4. The van der Waals surface area contributed by atoms with Crippen molar-refractivity contribution in [1.29, 1.82) is 0 Å². The van der Waals surface area contributed by atoms with Gasteiger partial charge < -0.3 is 14.8 Å². The van der Waals surface area contributed by atoms with Crippen molar-refractivity contribution in [3.05, 3.63) is 90.0 Å². The Balaban J connectivity index is 1.45. The zero-order valence-corrected chi connectivity index (χ0v) is 18.9. The van der Waals surface area contributed by atoms with Crippen LogP contribution in [0.25, 0.3) is 0 Å². The predicted octanol–water partition coefficient (Wildman–Crippen LogP) is 3.96. The maximum atomic E-state index is 12.4. The van der Waals surface area contributed by atoms with Crippen LogP contribution < -0.4 is 25.6 Å². The molecule has 0 saturated carbocycles. The van der Waals surface area contributed by atoms with Crippen LogP contribution in [-0.4, -0.2) is 30.9 Å². The fourth-order valence-corrected chi connectivity index (χ4v) is 2.98. The molecule has 3 aromatic carbocycles. The number of hydrogen-bond donors (Lipinski definition) is 3. The molecule has 8 heteroatoms. The van der Waals surface area contributed by atoms with Crippen LogP contribution in [0, 0.1) is 0 Å². The number of carbonyl (C=O) groups is 3. The summed E-state index contributed by atoms with van der Waals surface area (Å²) in [5.41, 5.74) is 6.04. The maximum Gasteiger partial charge on any atom is 0.269 e. The predicted molar refractivity (Wildman–Crippen MR) is 129 cm³/mol. The first-order valence-electron chi connectivity index (χ1n) is 11.0. The lowest BCUT2D eigenvalue weighted by Gasteiger charge is -2.11. The third-order valence-electron chi connectivity index (χ3n) is 4.66. The lowest BCUT2D eigenvalue weighted by atomic mass is 10.2. The molecule has 0 heterocycles. The van der Waals surface area contributed by atoms with Crippen LogP contribution >= 0.6 is 0 Å². The van der Waals surface area contributed by atoms with E-state index in [9.17, 15) is 14.4 Å². The molecule has 34 heavy (non-hydrogen) atoms. The van der Waals surface area contributed by atoms with Crippen molar-refractivity contribution >= 4 is 23.4 Å². The fraction of sp³-hybridized carbons (Fsp3) is 0.192. The Morgan fingerprint density at radius 1 is 0.706 bits per heavy atom. The van der Waals surface area contributed by atoms with Gasteiger partial charge in [-0.3, -0.25) is 25.2 Å². The summed E-state index contributed by atoms with van der Waals surface area (Å²) in [6.45, 7) is 2.59. The lowest BCUT2D eigenvalue weighted by Crippen LogP contribution is -2.41. The van der Waals surface area contributed by atoms with Crippen molar-refractivity contribution in [3.8, 4) is 11.5 Å². The van der Waals surface area contributed by atoms with Crippen LogP contribution in [0.15, 0.2) is 78.9 Å². The second-order valence-electron chi connectivity index (χ2n) is 7.32. The standard InChI is InChI=1S/C26H27N3O5/c1-2-7-24(30)27-21-14-12-19(13-15-21)25(31)28-29-26(32)20-8-6-11-23(18-20)34-17-16-33-22-9-4-3-5-10-22/h3-6,8-15,18H,2,7,16-17H2,1H3,(H,27,30)(H,28,31)(H,29,32). The number of hydrazine groups is 1. The Morgan fingerprint density at radius 2 is 1.32 bits per heavy atom. The normalized spacial score (nSPS) is 10.1. The van der Waals surface area contributed by atoms with Crippen molar-refractivity contribution in [2.75, 3.05) is 18.5 Å². The van der Waals surface area contributed by atoms with Gasteiger partial charge >= 0.3 is 0 Å². The number of rotatable bonds is 10. The van der Waals surface area contributed by atoms with Crippen LogP contribution in [0.4, 0.5) is 5.69 Å². The largest absolute Gasteiger partial charge is 0.490 e. The van der Waals surface area contributed by atoms with Gasteiger partial charge in [-0.25, -0.2) is 0 Å². The summed E-state index contributed by atoms with van der Waals surface area (Å²) in [6.07, 6.45) is 1.19. The van der Waals surface area contributed by atoms with E-state index in [4.69, 9.17) is 9.47 Å². The van der Waals surface area contributed by atoms with Gasteiger partial charge in [-0.05, 0) is 61.0 Å². The van der Waals surface area contributed by atoms with Gasteiger partial charge in [-0.15, -0.1) is 0 Å². The van der Waals surface area contributed by atoms with E-state index in [0.717, 1.165) is 12.2 Å². The fourth-order valence-electron chi connectivity index (χ4n) is 2.98. The molecule has 3 amide bonds. The van der Waals surface area contributed by atoms with Gasteiger partial charge in [0.15, 0.2) is 0 Å². The van der Waals surface area contributed by atoms with Gasteiger partial charge in [0, 0.05) is 23.2 Å². The first kappa shape index (κ1) is 24.3. The number of nitrogens with one attached hydrogen (secondary N) is 3. The second-order valence-corrected chi connectivity index (χ2v) is 7.32. The number of amides is 3. The summed E-state index contributed by atoms with van der Waals surface area (Å²) in [5.74, 6) is 0.220. The quantitative estimate of drug-likeness (QED) is 0.313. The van der Waals surface area contributed by atoms with E-state index in [2.05, 4.69) is 16.2 Å². The molecule has 0 atom stereocenters. The van der Waals surface area contributed by atoms with Crippen LogP contribution in [0.5, 0.6) is 11.5 Å². The number of anilines is 1. The Labute approximate surface area is 198 Å². The summed E-state index contributed by atoms with van der Waals surface area (Å²) in [5, 5.41) is 2.75. The average Bonchev–Trinajstić information content (AvgIpc) is 2.86. The van der Waals surface area contributed by atoms with E-state index in [-0.39, 0.29) is 5.91 Å². The van der Waals surface area contributed by atoms with Crippen LogP contribution in [0.2, 0.25) is 0 Å². The third-order valence-corrected chi connectivity index (χ3v) is 4.66. The molecular weight excluding hydrogens is 434 g/mol. The van der Waals surface area contributed by atoms with Crippen LogP contribution in [0.1, 0.15) is 40.5 Å². The van der Waals surface area contributed by atoms with Crippen molar-refractivity contribution in [2.45, 2.75) is 19.8 Å². The minimum atomic E-state index is -0.484. The van der Waals surface area contributed by atoms with E-state index in [0.29, 0.717) is 42.2 Å². The highest BCUT2D eigenvalue weighted by Crippen LogP contribution is 2.14. The molecule has 0 radical (unpaired) electrons. The molecule has 8 nitrogen and oxygen atoms in total. The summed E-state index contributed by atoms with van der Waals surface area (Å²) >= 11 is 0. The van der Waals surface area contributed by atoms with Gasteiger partial charge in [0.25, 0.3) is 11.8 Å². The minimum absolute atomic E-state index is 0.0816. The van der Waals surface area contributed by atoms with E-state index in [1.54, 1.807) is 48.5 Å². The molecule has 0 fully saturated rings. The van der Waals surface area contributed by atoms with Crippen molar-refractivity contribution in [1.82, 2.24) is 10.9 Å². The third kappa shape index (κ3) is 7.67. The SMILES string of the molecule is CCCC(=O)Nc1ccc(C(=O)NNC(=O)c2cccc(OCCOc3ccccc3)c2)cc1. The van der Waals surface area contributed by atoms with Gasteiger partial charge in [0.1, 0.15) is 24.7 Å². The minimum Gasteiger partial charge on any atom is -0.490 e. The first-order valence-corrected chi connectivity index (χ1v) is 11.0. The number of hydrogen-bond acceptors (Lipinski definition) is 5. The first-order chi connectivity index (χ1) is 16.5. The molecular formula is C26H27N3O5. The van der Waals surface area contributed by atoms with Crippen LogP contribution in [0.3, 0.4) is 0 Å². The molecule has 3 N–H and O–H groups in total. The zero-order chi connectivity index (χ0) is 24.2. The number of ether oxygens (including phenoxy) is 2. The lowest BCUT2D eigenvalue weighted by molar-refractivity contribution is -0.116. The number of para-hydroxylation sites is 1. The van der Waals surface area contributed by atoms with Crippen molar-refractivity contribution in [3.63, 3.8) is 0 Å². The highest BCUT2D eigenvalue weighted by atomic mass is 16.5. The number of benzene rings is 3. The summed E-state index contributed by atoms with van der Waals surface area (Å²) in [4.78, 5) is 36.4. The van der Waals surface area contributed by atoms with Crippen LogP contribution in [-0.2, 0) is 4.79 Å². The Morgan fingerprint density at radius 3 is 2.00 bits per heavy atom. The monoisotopic (exact) mass is 461 g/mol. The van der Waals surface area contributed by atoms with Gasteiger partial charge in [-0.1, -0.05) is 31.2 Å². The van der Waals surface area contributed by atoms with E-state index in [1.807, 2.05) is 37.3 Å². The second kappa shape index (κ2) is 12.6. The molecule has 0 spiro atoms. The van der Waals surface area contributed by atoms with Crippen molar-refractivity contribution < 1.29 is 23.9 Å². The molecule has 0 aliphatic rings. The van der Waals surface area contributed by atoms with E-state index in [1.165, 1.54) is 0 Å². The van der Waals surface area contributed by atoms with Gasteiger partial charge in [-0.2, -0.15) is 0 Å². The van der Waals surface area contributed by atoms with E-state index < -0.39 is 11.8 Å². The Kier molecular flexibility index (Phi) is 9.04. The highest BCUT2D eigenvalue weighted by Gasteiger charge is 2.11. The Bertz CT molecular complexity index is 1100. The molecule has 3 rings (SSSR count). The molecule has 0 unspecified atom stereocenters. The highest BCUT2D eigenvalue weighted by molar-refractivity contribution is 5.99. The van der Waals surface area contributed by atoms with Gasteiger partial charge in [0.2, 0.25) is 5.91 Å². The molecule has 0 aliphatic heterocycles. The number of carbonyl (C=O) groups excluding carboxylic acids is 3. The summed E-state index contributed by atoms with van der Waals surface area (Å²) in [7, 11) is 0. The van der Waals surface area contributed by atoms with Crippen molar-refractivity contribution in [2.24, 2.45) is 0 Å². The van der Waals surface area contributed by atoms with E-state index >= 15 is 0 Å².